The lowest BCUT2D eigenvalue weighted by molar-refractivity contribution is 0.181. The van der Waals surface area contributed by atoms with Crippen LogP contribution in [0, 0.1) is 12.7 Å². The normalized spacial score (nSPS) is 10.6. The van der Waals surface area contributed by atoms with Gasteiger partial charge in [0, 0.05) is 30.8 Å². The Hall–Kier alpha value is -1.53. The molecule has 1 aromatic heterocycles. The number of hydrogen-bond acceptors (Lipinski definition) is 5. The van der Waals surface area contributed by atoms with Gasteiger partial charge in [0.2, 0.25) is 5.13 Å². The number of ether oxygens (including phenoxy) is 1. The topological polar surface area (TPSA) is 47.0 Å². The minimum Gasteiger partial charge on any atom is -0.380 e. The predicted molar refractivity (Wildman–Crippen MR) is 69.1 cm³/mol. The van der Waals surface area contributed by atoms with Crippen LogP contribution in [0.4, 0.5) is 9.52 Å². The molecule has 0 amide bonds. The van der Waals surface area contributed by atoms with Crippen LogP contribution in [0.1, 0.15) is 17.0 Å². The highest BCUT2D eigenvalue weighted by atomic mass is 32.1. The molecule has 0 saturated heterocycles. The molecule has 2 aromatic rings. The van der Waals surface area contributed by atoms with Crippen LogP contribution in [0.15, 0.2) is 18.2 Å². The van der Waals surface area contributed by atoms with Crippen molar-refractivity contribution in [3.63, 3.8) is 0 Å². The van der Waals surface area contributed by atoms with Crippen molar-refractivity contribution < 1.29 is 9.13 Å². The summed E-state index contributed by atoms with van der Waals surface area (Å²) in [6.07, 6.45) is 0. The van der Waals surface area contributed by atoms with Gasteiger partial charge in [-0.3, -0.25) is 0 Å². The lowest BCUT2D eigenvalue weighted by Gasteiger charge is -2.06. The number of rotatable bonds is 5. The molecule has 1 aromatic carbocycles. The van der Waals surface area contributed by atoms with Crippen LogP contribution >= 0.6 is 11.5 Å². The van der Waals surface area contributed by atoms with Gasteiger partial charge in [-0.25, -0.2) is 9.37 Å². The molecule has 1 heterocycles. The van der Waals surface area contributed by atoms with Gasteiger partial charge < -0.3 is 10.1 Å². The Morgan fingerprint density at radius 3 is 2.94 bits per heavy atom. The number of halogens is 1. The highest BCUT2D eigenvalue weighted by Gasteiger charge is 2.04. The van der Waals surface area contributed by atoms with Crippen molar-refractivity contribution in [2.45, 2.75) is 20.1 Å². The highest BCUT2D eigenvalue weighted by Crippen LogP contribution is 2.15. The quantitative estimate of drug-likeness (QED) is 0.905. The first kappa shape index (κ1) is 12.9. The van der Waals surface area contributed by atoms with Crippen molar-refractivity contribution in [1.29, 1.82) is 0 Å². The van der Waals surface area contributed by atoms with Crippen LogP contribution in [-0.2, 0) is 17.9 Å². The van der Waals surface area contributed by atoms with Crippen LogP contribution < -0.4 is 5.32 Å². The van der Waals surface area contributed by atoms with Crippen molar-refractivity contribution in [3.05, 3.63) is 41.0 Å². The summed E-state index contributed by atoms with van der Waals surface area (Å²) in [6, 6.07) is 4.99. The fourth-order valence-corrected chi connectivity index (χ4v) is 2.12. The van der Waals surface area contributed by atoms with E-state index in [0.29, 0.717) is 12.1 Å². The number of benzene rings is 1. The number of methoxy groups -OCH3 is 1. The van der Waals surface area contributed by atoms with Crippen LogP contribution in [0.2, 0.25) is 0 Å². The molecule has 6 heteroatoms. The van der Waals surface area contributed by atoms with Gasteiger partial charge in [-0.05, 0) is 24.6 Å². The SMILES string of the molecule is COCc1cc(CNc2nc(C)ns2)ccc1F. The zero-order chi connectivity index (χ0) is 13.0. The van der Waals surface area contributed by atoms with Crippen molar-refractivity contribution in [2.24, 2.45) is 0 Å². The van der Waals surface area contributed by atoms with Crippen molar-refractivity contribution in [3.8, 4) is 0 Å². The van der Waals surface area contributed by atoms with Crippen LogP contribution in [0.5, 0.6) is 0 Å². The molecule has 0 unspecified atom stereocenters. The van der Waals surface area contributed by atoms with Gasteiger partial charge in [0.25, 0.3) is 0 Å². The number of nitrogens with one attached hydrogen (secondary N) is 1. The zero-order valence-electron chi connectivity index (χ0n) is 10.2. The molecule has 0 atom stereocenters. The molecule has 0 radical (unpaired) electrons. The maximum atomic E-state index is 13.4. The minimum atomic E-state index is -0.243. The Bertz CT molecular complexity index is 530. The number of aryl methyl sites for hydroxylation is 1. The molecule has 96 valence electrons. The Balaban J connectivity index is 2.03. The van der Waals surface area contributed by atoms with E-state index < -0.39 is 0 Å². The smallest absolute Gasteiger partial charge is 0.202 e. The number of nitrogens with zero attached hydrogens (tertiary/aromatic N) is 2. The van der Waals surface area contributed by atoms with E-state index >= 15 is 0 Å². The summed E-state index contributed by atoms with van der Waals surface area (Å²) in [6.45, 7) is 2.71. The maximum Gasteiger partial charge on any atom is 0.202 e. The Labute approximate surface area is 109 Å². The summed E-state index contributed by atoms with van der Waals surface area (Å²) in [5.41, 5.74) is 1.54. The Morgan fingerprint density at radius 1 is 1.44 bits per heavy atom. The summed E-state index contributed by atoms with van der Waals surface area (Å²) in [7, 11) is 1.55. The van der Waals surface area contributed by atoms with Gasteiger partial charge in [-0.2, -0.15) is 4.37 Å². The molecule has 0 bridgehead atoms. The van der Waals surface area contributed by atoms with Crippen LogP contribution in [0.25, 0.3) is 0 Å². The molecule has 2 rings (SSSR count). The van der Waals surface area contributed by atoms with Gasteiger partial charge >= 0.3 is 0 Å². The molecule has 18 heavy (non-hydrogen) atoms. The second-order valence-electron chi connectivity index (χ2n) is 3.86. The molecule has 1 N–H and O–H groups in total. The Kier molecular flexibility index (Phi) is 4.22. The number of hydrogen-bond donors (Lipinski definition) is 1. The highest BCUT2D eigenvalue weighted by molar-refractivity contribution is 7.09. The third kappa shape index (κ3) is 3.24. The predicted octanol–water partition coefficient (Wildman–Crippen LogP) is 2.74. The fraction of sp³-hybridized carbons (Fsp3) is 0.333. The number of anilines is 1. The van der Waals surface area contributed by atoms with E-state index in [1.165, 1.54) is 17.6 Å². The Morgan fingerprint density at radius 2 is 2.28 bits per heavy atom. The minimum absolute atomic E-state index is 0.243. The molecule has 0 spiro atoms. The molecule has 0 aliphatic rings. The largest absolute Gasteiger partial charge is 0.380 e. The van der Waals surface area contributed by atoms with Crippen molar-refractivity contribution in [1.82, 2.24) is 9.36 Å². The van der Waals surface area contributed by atoms with E-state index in [1.54, 1.807) is 19.2 Å². The van der Waals surface area contributed by atoms with Crippen LogP contribution in [-0.4, -0.2) is 16.5 Å². The van der Waals surface area contributed by atoms with Gasteiger partial charge in [-0.1, -0.05) is 6.07 Å². The third-order valence-electron chi connectivity index (χ3n) is 2.38. The standard InChI is InChI=1S/C12H14FN3OS/c1-8-15-12(18-16-8)14-6-9-3-4-11(13)10(5-9)7-17-2/h3-5H,6-7H2,1-2H3,(H,14,15,16). The molecule has 0 fully saturated rings. The summed E-state index contributed by atoms with van der Waals surface area (Å²) < 4.78 is 22.4. The summed E-state index contributed by atoms with van der Waals surface area (Å²) >= 11 is 1.32. The maximum absolute atomic E-state index is 13.4. The van der Waals surface area contributed by atoms with E-state index in [1.807, 2.05) is 6.92 Å². The van der Waals surface area contributed by atoms with Crippen molar-refractivity contribution in [2.75, 3.05) is 12.4 Å². The second kappa shape index (κ2) is 5.88. The fourth-order valence-electron chi connectivity index (χ4n) is 1.55. The second-order valence-corrected chi connectivity index (χ2v) is 4.61. The van der Waals surface area contributed by atoms with E-state index in [2.05, 4.69) is 14.7 Å². The summed E-state index contributed by atoms with van der Waals surface area (Å²) in [5, 5.41) is 3.92. The molecular formula is C12H14FN3OS. The monoisotopic (exact) mass is 267 g/mol. The van der Waals surface area contributed by atoms with E-state index in [-0.39, 0.29) is 12.4 Å². The van der Waals surface area contributed by atoms with E-state index in [4.69, 9.17) is 4.74 Å². The molecule has 0 aliphatic heterocycles. The van der Waals surface area contributed by atoms with E-state index in [0.717, 1.165) is 16.5 Å². The first-order valence-corrected chi connectivity index (χ1v) is 6.27. The average molecular weight is 267 g/mol. The summed E-state index contributed by atoms with van der Waals surface area (Å²) in [5.74, 6) is 0.508. The van der Waals surface area contributed by atoms with Gasteiger partial charge in [0.1, 0.15) is 11.6 Å². The first-order valence-electron chi connectivity index (χ1n) is 5.49. The number of aromatic nitrogens is 2. The third-order valence-corrected chi connectivity index (χ3v) is 3.15. The van der Waals surface area contributed by atoms with E-state index in [9.17, 15) is 4.39 Å². The van der Waals surface area contributed by atoms with Gasteiger partial charge in [0.15, 0.2) is 0 Å². The molecule has 0 aliphatic carbocycles. The molecule has 0 saturated carbocycles. The van der Waals surface area contributed by atoms with Crippen LogP contribution in [0.3, 0.4) is 0 Å². The summed E-state index contributed by atoms with van der Waals surface area (Å²) in [4.78, 5) is 4.20. The first-order chi connectivity index (χ1) is 8.69. The zero-order valence-corrected chi connectivity index (χ0v) is 11.1. The lowest BCUT2D eigenvalue weighted by Crippen LogP contribution is -2.01. The molecular weight excluding hydrogens is 253 g/mol. The van der Waals surface area contributed by atoms with Gasteiger partial charge in [0.05, 0.1) is 6.61 Å². The van der Waals surface area contributed by atoms with Crippen molar-refractivity contribution >= 4 is 16.7 Å². The van der Waals surface area contributed by atoms with Gasteiger partial charge in [-0.15, -0.1) is 0 Å². The lowest BCUT2D eigenvalue weighted by atomic mass is 10.1. The molecule has 4 nitrogen and oxygen atoms in total. The average Bonchev–Trinajstić information content (AvgIpc) is 2.76.